The number of amides is 1. The summed E-state index contributed by atoms with van der Waals surface area (Å²) in [7, 11) is 0. The van der Waals surface area contributed by atoms with Gasteiger partial charge in [-0.05, 0) is 43.3 Å². The Labute approximate surface area is 201 Å². The van der Waals surface area contributed by atoms with Gasteiger partial charge < -0.3 is 9.73 Å². The highest BCUT2D eigenvalue weighted by Gasteiger charge is 2.18. The average molecular weight is 516 g/mol. The van der Waals surface area contributed by atoms with E-state index in [0.29, 0.717) is 54.6 Å². The number of aromatic nitrogens is 3. The molecule has 0 aliphatic carbocycles. The van der Waals surface area contributed by atoms with E-state index in [1.54, 1.807) is 6.07 Å². The standard InChI is InChI=1S/C20H14Cl4N4O2S/c1-2-28-19(17-6-10-5-11(21)3-4-16(10)30-17)26-27-20(28)31-9-18(29)25-15-8-13(23)12(22)7-14(15)24/h3-8H,2,9H2,1H3,(H,25,29). The molecule has 1 N–H and O–H groups in total. The molecule has 0 fully saturated rings. The van der Waals surface area contributed by atoms with Gasteiger partial charge in [0.1, 0.15) is 5.58 Å². The molecule has 160 valence electrons. The van der Waals surface area contributed by atoms with Gasteiger partial charge >= 0.3 is 0 Å². The third-order valence-electron chi connectivity index (χ3n) is 4.35. The van der Waals surface area contributed by atoms with E-state index >= 15 is 0 Å². The van der Waals surface area contributed by atoms with Gasteiger partial charge in [0, 0.05) is 17.0 Å². The molecule has 4 aromatic rings. The molecule has 0 atom stereocenters. The first kappa shape index (κ1) is 22.3. The Morgan fingerprint density at radius 2 is 1.84 bits per heavy atom. The monoisotopic (exact) mass is 514 g/mol. The highest BCUT2D eigenvalue weighted by molar-refractivity contribution is 7.99. The van der Waals surface area contributed by atoms with E-state index < -0.39 is 0 Å². The number of carbonyl (C=O) groups excluding carboxylic acids is 1. The third-order valence-corrected chi connectivity index (χ3v) is 6.58. The average Bonchev–Trinajstić information content (AvgIpc) is 3.33. The predicted octanol–water partition coefficient (Wildman–Crippen LogP) is 7.06. The molecule has 0 bridgehead atoms. The number of nitrogens with zero attached hydrogens (tertiary/aromatic N) is 3. The lowest BCUT2D eigenvalue weighted by atomic mass is 10.2. The number of anilines is 1. The number of furan rings is 1. The Balaban J connectivity index is 1.50. The number of halogens is 4. The van der Waals surface area contributed by atoms with Crippen molar-refractivity contribution in [3.8, 4) is 11.6 Å². The van der Waals surface area contributed by atoms with Crippen molar-refractivity contribution < 1.29 is 9.21 Å². The molecular formula is C20H14Cl4N4O2S. The highest BCUT2D eigenvalue weighted by Crippen LogP contribution is 2.33. The molecule has 0 aliphatic rings. The Morgan fingerprint density at radius 3 is 2.61 bits per heavy atom. The topological polar surface area (TPSA) is 73.0 Å². The van der Waals surface area contributed by atoms with Crippen LogP contribution >= 0.6 is 58.2 Å². The first-order valence-corrected chi connectivity index (χ1v) is 11.5. The van der Waals surface area contributed by atoms with Gasteiger partial charge in [-0.25, -0.2) is 0 Å². The summed E-state index contributed by atoms with van der Waals surface area (Å²) < 4.78 is 7.77. The summed E-state index contributed by atoms with van der Waals surface area (Å²) >= 11 is 25.3. The molecule has 4 rings (SSSR count). The van der Waals surface area contributed by atoms with Crippen LogP contribution in [0.1, 0.15) is 6.92 Å². The molecule has 0 radical (unpaired) electrons. The number of thioether (sulfide) groups is 1. The molecule has 0 saturated carbocycles. The maximum atomic E-state index is 12.4. The highest BCUT2D eigenvalue weighted by atomic mass is 35.5. The molecule has 2 aromatic carbocycles. The number of hydrogen-bond acceptors (Lipinski definition) is 5. The van der Waals surface area contributed by atoms with E-state index in [4.69, 9.17) is 50.8 Å². The van der Waals surface area contributed by atoms with Crippen LogP contribution in [0.2, 0.25) is 20.1 Å². The van der Waals surface area contributed by atoms with E-state index in [-0.39, 0.29) is 11.7 Å². The molecule has 0 saturated heterocycles. The summed E-state index contributed by atoms with van der Waals surface area (Å²) in [5, 5.41) is 14.2. The van der Waals surface area contributed by atoms with Gasteiger partial charge in [-0.3, -0.25) is 9.36 Å². The molecule has 0 aliphatic heterocycles. The second-order valence-electron chi connectivity index (χ2n) is 6.43. The zero-order valence-corrected chi connectivity index (χ0v) is 19.8. The largest absolute Gasteiger partial charge is 0.453 e. The maximum absolute atomic E-state index is 12.4. The van der Waals surface area contributed by atoms with Crippen LogP contribution in [-0.4, -0.2) is 26.4 Å². The minimum atomic E-state index is -0.268. The number of carbonyl (C=O) groups is 1. The van der Waals surface area contributed by atoms with Gasteiger partial charge in [0.25, 0.3) is 0 Å². The number of rotatable bonds is 6. The van der Waals surface area contributed by atoms with Gasteiger partial charge in [-0.15, -0.1) is 10.2 Å². The minimum Gasteiger partial charge on any atom is -0.453 e. The van der Waals surface area contributed by atoms with Crippen molar-refractivity contribution in [2.75, 3.05) is 11.1 Å². The van der Waals surface area contributed by atoms with Crippen molar-refractivity contribution in [1.82, 2.24) is 14.8 Å². The first-order chi connectivity index (χ1) is 14.9. The summed E-state index contributed by atoms with van der Waals surface area (Å²) in [5.41, 5.74) is 1.09. The zero-order chi connectivity index (χ0) is 22.1. The summed E-state index contributed by atoms with van der Waals surface area (Å²) in [6.45, 7) is 2.56. The van der Waals surface area contributed by atoms with Crippen LogP contribution in [0.3, 0.4) is 0 Å². The zero-order valence-electron chi connectivity index (χ0n) is 16.0. The minimum absolute atomic E-state index is 0.102. The number of benzene rings is 2. The molecule has 6 nitrogen and oxygen atoms in total. The Morgan fingerprint density at radius 1 is 1.06 bits per heavy atom. The van der Waals surface area contributed by atoms with Gasteiger partial charge in [0.05, 0.1) is 26.5 Å². The van der Waals surface area contributed by atoms with E-state index in [1.165, 1.54) is 23.9 Å². The lowest BCUT2D eigenvalue weighted by molar-refractivity contribution is -0.113. The predicted molar refractivity (Wildman–Crippen MR) is 127 cm³/mol. The van der Waals surface area contributed by atoms with Crippen molar-refractivity contribution >= 4 is 80.7 Å². The van der Waals surface area contributed by atoms with E-state index in [9.17, 15) is 4.79 Å². The van der Waals surface area contributed by atoms with E-state index in [2.05, 4.69) is 15.5 Å². The van der Waals surface area contributed by atoms with Gasteiger partial charge in [-0.1, -0.05) is 58.2 Å². The summed E-state index contributed by atoms with van der Waals surface area (Å²) in [6, 6.07) is 10.3. The molecular weight excluding hydrogens is 502 g/mol. The smallest absolute Gasteiger partial charge is 0.234 e. The lowest BCUT2D eigenvalue weighted by Gasteiger charge is -2.09. The summed E-state index contributed by atoms with van der Waals surface area (Å²) in [4.78, 5) is 12.4. The van der Waals surface area contributed by atoms with Crippen molar-refractivity contribution in [3.05, 3.63) is 56.5 Å². The van der Waals surface area contributed by atoms with E-state index in [1.807, 2.05) is 29.7 Å². The van der Waals surface area contributed by atoms with Crippen LogP contribution in [0.4, 0.5) is 5.69 Å². The Bertz CT molecular complexity index is 1290. The second kappa shape index (κ2) is 9.30. The molecule has 2 aromatic heterocycles. The normalized spacial score (nSPS) is 11.3. The molecule has 31 heavy (non-hydrogen) atoms. The Kier molecular flexibility index (Phi) is 6.69. The fourth-order valence-corrected chi connectivity index (χ4v) is 4.50. The van der Waals surface area contributed by atoms with Crippen molar-refractivity contribution in [1.29, 1.82) is 0 Å². The van der Waals surface area contributed by atoms with Crippen LogP contribution in [0.5, 0.6) is 0 Å². The Hall–Kier alpha value is -1.90. The fraction of sp³-hybridized carbons (Fsp3) is 0.150. The van der Waals surface area contributed by atoms with E-state index in [0.717, 1.165) is 5.39 Å². The van der Waals surface area contributed by atoms with Crippen LogP contribution < -0.4 is 5.32 Å². The van der Waals surface area contributed by atoms with Gasteiger partial charge in [0.2, 0.25) is 11.7 Å². The summed E-state index contributed by atoms with van der Waals surface area (Å²) in [6.07, 6.45) is 0. The molecule has 0 spiro atoms. The maximum Gasteiger partial charge on any atom is 0.234 e. The quantitative estimate of drug-likeness (QED) is 0.220. The first-order valence-electron chi connectivity index (χ1n) is 9.05. The molecule has 0 unspecified atom stereocenters. The third kappa shape index (κ3) is 4.81. The van der Waals surface area contributed by atoms with Crippen molar-refractivity contribution in [3.63, 3.8) is 0 Å². The van der Waals surface area contributed by atoms with Gasteiger partial charge in [0.15, 0.2) is 10.9 Å². The van der Waals surface area contributed by atoms with Crippen LogP contribution in [0.15, 0.2) is 46.0 Å². The van der Waals surface area contributed by atoms with Crippen LogP contribution in [0.25, 0.3) is 22.6 Å². The number of nitrogens with one attached hydrogen (secondary N) is 1. The van der Waals surface area contributed by atoms with Crippen LogP contribution in [0, 0.1) is 0 Å². The molecule has 11 heteroatoms. The molecule has 2 heterocycles. The fourth-order valence-electron chi connectivity index (χ4n) is 2.92. The van der Waals surface area contributed by atoms with Crippen molar-refractivity contribution in [2.45, 2.75) is 18.6 Å². The van der Waals surface area contributed by atoms with Crippen molar-refractivity contribution in [2.24, 2.45) is 0 Å². The van der Waals surface area contributed by atoms with Crippen LogP contribution in [-0.2, 0) is 11.3 Å². The number of fused-ring (bicyclic) bond motifs is 1. The van der Waals surface area contributed by atoms with Gasteiger partial charge in [-0.2, -0.15) is 0 Å². The summed E-state index contributed by atoms with van der Waals surface area (Å²) in [5.74, 6) is 0.983. The SMILES string of the molecule is CCn1c(SCC(=O)Nc2cc(Cl)c(Cl)cc2Cl)nnc1-c1cc2cc(Cl)ccc2o1. The number of hydrogen-bond donors (Lipinski definition) is 1. The second-order valence-corrected chi connectivity index (χ2v) is 9.03. The lowest BCUT2D eigenvalue weighted by Crippen LogP contribution is -2.15. The molecule has 1 amide bonds.